The van der Waals surface area contributed by atoms with Crippen LogP contribution in [0.3, 0.4) is 0 Å². The first-order valence-corrected chi connectivity index (χ1v) is 11.8. The normalized spacial score (nSPS) is 15.1. The highest BCUT2D eigenvalue weighted by Gasteiger charge is 2.38. The van der Waals surface area contributed by atoms with Crippen LogP contribution in [0.2, 0.25) is 0 Å². The fraction of sp³-hybridized carbons (Fsp3) is 0.292. The average Bonchev–Trinajstić information content (AvgIpc) is 3.48. The van der Waals surface area contributed by atoms with Crippen LogP contribution in [0.15, 0.2) is 59.4 Å². The zero-order valence-corrected chi connectivity index (χ0v) is 19.3. The lowest BCUT2D eigenvalue weighted by molar-refractivity contribution is -0.192. The van der Waals surface area contributed by atoms with Crippen LogP contribution in [0, 0.1) is 5.82 Å². The summed E-state index contributed by atoms with van der Waals surface area (Å²) in [5, 5.41) is 16.2. The van der Waals surface area contributed by atoms with Gasteiger partial charge in [0.25, 0.3) is 0 Å². The lowest BCUT2D eigenvalue weighted by atomic mass is 9.96. The van der Waals surface area contributed by atoms with Gasteiger partial charge in [0.05, 0.1) is 0 Å². The quantitative estimate of drug-likeness (QED) is 0.365. The summed E-state index contributed by atoms with van der Waals surface area (Å²) in [5.74, 6) is -1.67. The number of piperidine rings is 1. The summed E-state index contributed by atoms with van der Waals surface area (Å²) in [6.07, 6.45) is -0.984. The lowest BCUT2D eigenvalue weighted by Crippen LogP contribution is -2.32. The smallest absolute Gasteiger partial charge is 0.475 e. The standard InChI is InChI=1S/C22H21FN4S.C2HF3O2/c23-20-3-1-2-18(12-20)19-4-5-21-24-22(25-27(21)14-19)17-6-9-26(10-7-17)13-16-8-11-28-15-16;3-2(4,5)1(6)7/h1-5,8,11-12,14-15,17H,6-7,9-10,13H2;(H,6,7). The number of thiophene rings is 1. The number of halogens is 4. The van der Waals surface area contributed by atoms with Gasteiger partial charge in [0.1, 0.15) is 5.82 Å². The van der Waals surface area contributed by atoms with Crippen molar-refractivity contribution in [3.8, 4) is 11.1 Å². The SMILES string of the molecule is Fc1cccc(-c2ccc3nc(C4CCN(Cc5ccsc5)CC4)nn3c2)c1.O=C(O)C(F)(F)F. The molecule has 35 heavy (non-hydrogen) atoms. The Balaban J connectivity index is 0.000000364. The molecule has 1 aliphatic heterocycles. The molecule has 1 fully saturated rings. The summed E-state index contributed by atoms with van der Waals surface area (Å²) in [6.45, 7) is 3.18. The van der Waals surface area contributed by atoms with E-state index in [4.69, 9.17) is 20.0 Å². The van der Waals surface area contributed by atoms with Crippen LogP contribution < -0.4 is 0 Å². The third-order valence-electron chi connectivity index (χ3n) is 5.69. The highest BCUT2D eigenvalue weighted by Crippen LogP contribution is 2.28. The molecule has 1 saturated heterocycles. The third kappa shape index (κ3) is 6.43. The topological polar surface area (TPSA) is 70.7 Å². The molecule has 1 aromatic carbocycles. The predicted octanol–water partition coefficient (Wildman–Crippen LogP) is 5.61. The molecule has 0 spiro atoms. The van der Waals surface area contributed by atoms with E-state index in [1.165, 1.54) is 11.6 Å². The molecule has 0 amide bonds. The van der Waals surface area contributed by atoms with Gasteiger partial charge < -0.3 is 5.11 Å². The molecule has 3 aromatic heterocycles. The minimum Gasteiger partial charge on any atom is -0.475 e. The van der Waals surface area contributed by atoms with E-state index in [9.17, 15) is 17.6 Å². The number of aliphatic carboxylic acids is 1. The van der Waals surface area contributed by atoms with Gasteiger partial charge in [-0.2, -0.15) is 29.6 Å². The second-order valence-corrected chi connectivity index (χ2v) is 8.97. The van der Waals surface area contributed by atoms with Crippen LogP contribution in [0.1, 0.15) is 30.1 Å². The van der Waals surface area contributed by atoms with Gasteiger partial charge in [-0.1, -0.05) is 12.1 Å². The first-order chi connectivity index (χ1) is 16.7. The van der Waals surface area contributed by atoms with Gasteiger partial charge in [-0.15, -0.1) is 0 Å². The molecule has 6 nitrogen and oxygen atoms in total. The highest BCUT2D eigenvalue weighted by atomic mass is 32.1. The van der Waals surface area contributed by atoms with E-state index in [2.05, 4.69) is 21.7 Å². The molecule has 11 heteroatoms. The van der Waals surface area contributed by atoms with Crippen molar-refractivity contribution >= 4 is 23.0 Å². The maximum Gasteiger partial charge on any atom is 0.490 e. The Morgan fingerprint density at radius 3 is 2.49 bits per heavy atom. The van der Waals surface area contributed by atoms with Crippen LogP contribution in [0.25, 0.3) is 16.8 Å². The number of carboxylic acids is 1. The molecule has 184 valence electrons. The van der Waals surface area contributed by atoms with E-state index >= 15 is 0 Å². The number of pyridine rings is 1. The first-order valence-electron chi connectivity index (χ1n) is 10.8. The van der Waals surface area contributed by atoms with Crippen molar-refractivity contribution in [1.29, 1.82) is 0 Å². The van der Waals surface area contributed by atoms with Crippen LogP contribution >= 0.6 is 11.3 Å². The van der Waals surface area contributed by atoms with Gasteiger partial charge in [0.2, 0.25) is 0 Å². The fourth-order valence-corrected chi connectivity index (χ4v) is 4.56. The first kappa shape index (κ1) is 24.8. The number of carbonyl (C=O) groups is 1. The van der Waals surface area contributed by atoms with Crippen molar-refractivity contribution in [2.24, 2.45) is 0 Å². The van der Waals surface area contributed by atoms with Gasteiger partial charge in [0.15, 0.2) is 11.5 Å². The summed E-state index contributed by atoms with van der Waals surface area (Å²) >= 11 is 1.76. The van der Waals surface area contributed by atoms with Crippen molar-refractivity contribution in [1.82, 2.24) is 19.5 Å². The van der Waals surface area contributed by atoms with Crippen molar-refractivity contribution < 1.29 is 27.5 Å². The Labute approximate surface area is 202 Å². The molecule has 0 bridgehead atoms. The minimum absolute atomic E-state index is 0.230. The Morgan fingerprint density at radius 2 is 1.86 bits per heavy atom. The van der Waals surface area contributed by atoms with E-state index in [1.807, 2.05) is 28.9 Å². The largest absolute Gasteiger partial charge is 0.490 e. The number of fused-ring (bicyclic) bond motifs is 1. The Kier molecular flexibility index (Phi) is 7.46. The van der Waals surface area contributed by atoms with Crippen LogP contribution in [-0.4, -0.2) is 49.8 Å². The van der Waals surface area contributed by atoms with E-state index in [0.717, 1.165) is 55.1 Å². The van der Waals surface area contributed by atoms with Gasteiger partial charge in [-0.3, -0.25) is 4.90 Å². The number of likely N-dealkylation sites (tertiary alicyclic amines) is 1. The third-order valence-corrected chi connectivity index (χ3v) is 6.42. The summed E-state index contributed by atoms with van der Waals surface area (Å²) < 4.78 is 47.1. The minimum atomic E-state index is -5.08. The molecular formula is C24H22F4N4O2S. The molecule has 1 aliphatic rings. The van der Waals surface area contributed by atoms with E-state index in [1.54, 1.807) is 23.5 Å². The molecule has 5 rings (SSSR count). The molecular weight excluding hydrogens is 484 g/mol. The maximum absolute atomic E-state index is 13.5. The van der Waals surface area contributed by atoms with Crippen LogP contribution in [-0.2, 0) is 11.3 Å². The average molecular weight is 507 g/mol. The Hall–Kier alpha value is -3.31. The molecule has 0 radical (unpaired) electrons. The number of hydrogen-bond donors (Lipinski definition) is 1. The summed E-state index contributed by atoms with van der Waals surface area (Å²) in [6, 6.07) is 12.8. The number of rotatable bonds is 4. The molecule has 4 heterocycles. The number of carboxylic acid groups (broad SMARTS) is 1. The molecule has 1 N–H and O–H groups in total. The zero-order valence-electron chi connectivity index (χ0n) is 18.5. The monoisotopic (exact) mass is 506 g/mol. The van der Waals surface area contributed by atoms with E-state index in [-0.39, 0.29) is 5.82 Å². The zero-order chi connectivity index (χ0) is 25.0. The second kappa shape index (κ2) is 10.5. The molecule has 0 unspecified atom stereocenters. The summed E-state index contributed by atoms with van der Waals surface area (Å²) in [7, 11) is 0. The fourth-order valence-electron chi connectivity index (χ4n) is 3.90. The Morgan fingerprint density at radius 1 is 1.11 bits per heavy atom. The van der Waals surface area contributed by atoms with Crippen molar-refractivity contribution in [3.05, 3.63) is 76.6 Å². The van der Waals surface area contributed by atoms with Crippen LogP contribution in [0.4, 0.5) is 17.6 Å². The van der Waals surface area contributed by atoms with Crippen molar-refractivity contribution in [2.45, 2.75) is 31.5 Å². The van der Waals surface area contributed by atoms with Gasteiger partial charge in [0, 0.05) is 24.2 Å². The summed E-state index contributed by atoms with van der Waals surface area (Å²) in [4.78, 5) is 16.2. The van der Waals surface area contributed by atoms with Gasteiger partial charge >= 0.3 is 12.1 Å². The molecule has 0 saturated carbocycles. The summed E-state index contributed by atoms with van der Waals surface area (Å²) in [5.41, 5.74) is 4.03. The van der Waals surface area contributed by atoms with Crippen LogP contribution in [0.5, 0.6) is 0 Å². The van der Waals surface area contributed by atoms with Crippen molar-refractivity contribution in [2.75, 3.05) is 13.1 Å². The predicted molar refractivity (Wildman–Crippen MR) is 124 cm³/mol. The Bertz CT molecular complexity index is 1280. The van der Waals surface area contributed by atoms with E-state index in [0.29, 0.717) is 5.92 Å². The number of nitrogens with zero attached hydrogens (tertiary/aromatic N) is 4. The van der Waals surface area contributed by atoms with E-state index < -0.39 is 12.1 Å². The van der Waals surface area contributed by atoms with Gasteiger partial charge in [-0.25, -0.2) is 18.7 Å². The number of aromatic nitrogens is 3. The second-order valence-electron chi connectivity index (χ2n) is 8.19. The van der Waals surface area contributed by atoms with Crippen molar-refractivity contribution in [3.63, 3.8) is 0 Å². The number of alkyl halides is 3. The highest BCUT2D eigenvalue weighted by molar-refractivity contribution is 7.07. The molecule has 0 aliphatic carbocycles. The lowest BCUT2D eigenvalue weighted by Gasteiger charge is -2.30. The molecule has 0 atom stereocenters. The number of benzene rings is 1. The molecule has 4 aromatic rings. The van der Waals surface area contributed by atoms with Gasteiger partial charge in [-0.05, 0) is 78.2 Å². The maximum atomic E-state index is 13.5. The number of hydrogen-bond acceptors (Lipinski definition) is 5.